The van der Waals surface area contributed by atoms with Gasteiger partial charge in [0.15, 0.2) is 0 Å². The topological polar surface area (TPSA) is 50.1 Å². The molecular formula is C12H12ClNO2. The van der Waals surface area contributed by atoms with Gasteiger partial charge in [-0.15, -0.1) is 0 Å². The van der Waals surface area contributed by atoms with Gasteiger partial charge < -0.3 is 4.74 Å². The third-order valence-electron chi connectivity index (χ3n) is 2.10. The van der Waals surface area contributed by atoms with Crippen molar-refractivity contribution in [1.29, 1.82) is 5.26 Å². The molecule has 1 unspecified atom stereocenters. The Morgan fingerprint density at radius 2 is 2.12 bits per heavy atom. The van der Waals surface area contributed by atoms with Crippen molar-refractivity contribution in [3.05, 3.63) is 34.9 Å². The van der Waals surface area contributed by atoms with Gasteiger partial charge in [-0.2, -0.15) is 5.26 Å². The number of ether oxygens (including phenoxy) is 1. The molecule has 3 nitrogen and oxygen atoms in total. The number of hydrogen-bond acceptors (Lipinski definition) is 3. The van der Waals surface area contributed by atoms with Gasteiger partial charge in [0.25, 0.3) is 0 Å². The first-order valence-corrected chi connectivity index (χ1v) is 5.36. The number of halogens is 1. The van der Waals surface area contributed by atoms with Gasteiger partial charge in [0.2, 0.25) is 0 Å². The number of esters is 1. The maximum atomic E-state index is 11.3. The first-order chi connectivity index (χ1) is 7.67. The molecule has 0 fully saturated rings. The summed E-state index contributed by atoms with van der Waals surface area (Å²) in [7, 11) is 0. The normalized spacial score (nSPS) is 11.6. The van der Waals surface area contributed by atoms with E-state index in [1.54, 1.807) is 31.2 Å². The summed E-state index contributed by atoms with van der Waals surface area (Å²) in [6.45, 7) is 2.07. The maximum absolute atomic E-state index is 11.3. The fourth-order valence-electron chi connectivity index (χ4n) is 1.32. The summed E-state index contributed by atoms with van der Waals surface area (Å²) in [5, 5.41) is 9.58. The first-order valence-electron chi connectivity index (χ1n) is 4.98. The monoisotopic (exact) mass is 237 g/mol. The number of carbonyl (C=O) groups excluding carboxylic acids is 1. The van der Waals surface area contributed by atoms with Crippen molar-refractivity contribution < 1.29 is 9.53 Å². The molecule has 84 valence electrons. The molecule has 0 amide bonds. The number of benzene rings is 1. The molecule has 0 N–H and O–H groups in total. The van der Waals surface area contributed by atoms with Crippen LogP contribution in [0, 0.1) is 11.3 Å². The van der Waals surface area contributed by atoms with Crippen molar-refractivity contribution in [2.45, 2.75) is 19.3 Å². The zero-order chi connectivity index (χ0) is 12.0. The van der Waals surface area contributed by atoms with E-state index in [0.29, 0.717) is 11.6 Å². The summed E-state index contributed by atoms with van der Waals surface area (Å²) in [5.74, 6) is -0.833. The molecule has 0 saturated heterocycles. The van der Waals surface area contributed by atoms with Gasteiger partial charge in [-0.3, -0.25) is 4.79 Å². The molecule has 1 atom stereocenters. The fraction of sp³-hybridized carbons (Fsp3) is 0.333. The van der Waals surface area contributed by atoms with E-state index in [0.717, 1.165) is 5.56 Å². The second-order valence-electron chi connectivity index (χ2n) is 3.24. The average molecular weight is 238 g/mol. The highest BCUT2D eigenvalue weighted by molar-refractivity contribution is 6.30. The molecule has 0 heterocycles. The first kappa shape index (κ1) is 12.5. The zero-order valence-corrected chi connectivity index (χ0v) is 9.70. The number of carbonyl (C=O) groups is 1. The fourth-order valence-corrected chi connectivity index (χ4v) is 1.45. The molecule has 1 aromatic carbocycles. The standard InChI is InChI=1S/C12H12ClNO2/c1-2-16-12(15)7-10(8-14)9-3-5-11(13)6-4-9/h3-6,10H,2,7H2,1H3. The summed E-state index contributed by atoms with van der Waals surface area (Å²) in [4.78, 5) is 11.3. The van der Waals surface area contributed by atoms with Crippen LogP contribution >= 0.6 is 11.6 Å². The van der Waals surface area contributed by atoms with Crippen LogP contribution in [-0.4, -0.2) is 12.6 Å². The highest BCUT2D eigenvalue weighted by Crippen LogP contribution is 2.21. The van der Waals surface area contributed by atoms with E-state index in [4.69, 9.17) is 21.6 Å². The van der Waals surface area contributed by atoms with E-state index in [-0.39, 0.29) is 12.4 Å². The van der Waals surface area contributed by atoms with Crippen LogP contribution in [0.3, 0.4) is 0 Å². The summed E-state index contributed by atoms with van der Waals surface area (Å²) >= 11 is 5.74. The van der Waals surface area contributed by atoms with Crippen molar-refractivity contribution in [3.63, 3.8) is 0 Å². The minimum Gasteiger partial charge on any atom is -0.466 e. The lowest BCUT2D eigenvalue weighted by atomic mass is 9.97. The Morgan fingerprint density at radius 3 is 2.62 bits per heavy atom. The van der Waals surface area contributed by atoms with Gasteiger partial charge in [-0.25, -0.2) is 0 Å². The van der Waals surface area contributed by atoms with Crippen LogP contribution in [0.2, 0.25) is 5.02 Å². The smallest absolute Gasteiger partial charge is 0.307 e. The van der Waals surface area contributed by atoms with Gasteiger partial charge in [-0.05, 0) is 24.6 Å². The molecule has 0 aliphatic heterocycles. The average Bonchev–Trinajstić information content (AvgIpc) is 2.27. The van der Waals surface area contributed by atoms with Crippen molar-refractivity contribution in [2.24, 2.45) is 0 Å². The van der Waals surface area contributed by atoms with Crippen LogP contribution in [-0.2, 0) is 9.53 Å². The lowest BCUT2D eigenvalue weighted by Crippen LogP contribution is -2.09. The summed E-state index contributed by atoms with van der Waals surface area (Å²) in [5.41, 5.74) is 0.778. The van der Waals surface area contributed by atoms with Crippen molar-refractivity contribution in [1.82, 2.24) is 0 Å². The minimum absolute atomic E-state index is 0.0754. The van der Waals surface area contributed by atoms with Crippen molar-refractivity contribution >= 4 is 17.6 Å². The third-order valence-corrected chi connectivity index (χ3v) is 2.36. The minimum atomic E-state index is -0.476. The molecular weight excluding hydrogens is 226 g/mol. The second-order valence-corrected chi connectivity index (χ2v) is 3.68. The quantitative estimate of drug-likeness (QED) is 0.757. The molecule has 0 aliphatic carbocycles. The van der Waals surface area contributed by atoms with Crippen LogP contribution in [0.15, 0.2) is 24.3 Å². The number of nitrogens with zero attached hydrogens (tertiary/aromatic N) is 1. The molecule has 4 heteroatoms. The molecule has 0 radical (unpaired) electrons. The molecule has 0 spiro atoms. The second kappa shape index (κ2) is 6.14. The summed E-state index contributed by atoms with van der Waals surface area (Å²) < 4.78 is 4.80. The Bertz CT molecular complexity index is 394. The Labute approximate surface area is 99.6 Å². The van der Waals surface area contributed by atoms with E-state index in [9.17, 15) is 4.79 Å². The van der Waals surface area contributed by atoms with Gasteiger partial charge in [0, 0.05) is 5.02 Å². The van der Waals surface area contributed by atoms with Gasteiger partial charge in [0.1, 0.15) is 0 Å². The largest absolute Gasteiger partial charge is 0.466 e. The van der Waals surface area contributed by atoms with Crippen molar-refractivity contribution in [2.75, 3.05) is 6.61 Å². The van der Waals surface area contributed by atoms with E-state index < -0.39 is 5.92 Å². The molecule has 0 aliphatic rings. The molecule has 0 saturated carbocycles. The van der Waals surface area contributed by atoms with E-state index in [1.165, 1.54) is 0 Å². The van der Waals surface area contributed by atoms with E-state index >= 15 is 0 Å². The predicted octanol–water partition coefficient (Wildman–Crippen LogP) is 2.90. The highest BCUT2D eigenvalue weighted by atomic mass is 35.5. The van der Waals surface area contributed by atoms with Gasteiger partial charge >= 0.3 is 5.97 Å². The van der Waals surface area contributed by atoms with E-state index in [2.05, 4.69) is 6.07 Å². The third kappa shape index (κ3) is 3.56. The van der Waals surface area contributed by atoms with Crippen LogP contribution in [0.4, 0.5) is 0 Å². The lowest BCUT2D eigenvalue weighted by Gasteiger charge is -2.08. The zero-order valence-electron chi connectivity index (χ0n) is 8.94. The molecule has 0 aromatic heterocycles. The lowest BCUT2D eigenvalue weighted by molar-refractivity contribution is -0.143. The number of hydrogen-bond donors (Lipinski definition) is 0. The summed E-state index contributed by atoms with van der Waals surface area (Å²) in [6.07, 6.45) is 0.0754. The SMILES string of the molecule is CCOC(=O)CC(C#N)c1ccc(Cl)cc1. The number of nitriles is 1. The molecule has 16 heavy (non-hydrogen) atoms. The Hall–Kier alpha value is -1.53. The summed E-state index contributed by atoms with van der Waals surface area (Å²) in [6, 6.07) is 8.98. The maximum Gasteiger partial charge on any atom is 0.307 e. The Morgan fingerprint density at radius 1 is 1.50 bits per heavy atom. The molecule has 0 bridgehead atoms. The van der Waals surface area contributed by atoms with Crippen molar-refractivity contribution in [3.8, 4) is 6.07 Å². The highest BCUT2D eigenvalue weighted by Gasteiger charge is 2.15. The number of rotatable bonds is 4. The van der Waals surface area contributed by atoms with E-state index in [1.807, 2.05) is 0 Å². The van der Waals surface area contributed by atoms with Crippen LogP contribution in [0.25, 0.3) is 0 Å². The van der Waals surface area contributed by atoms with Crippen LogP contribution in [0.5, 0.6) is 0 Å². The van der Waals surface area contributed by atoms with Crippen LogP contribution in [0.1, 0.15) is 24.8 Å². The van der Waals surface area contributed by atoms with Gasteiger partial charge in [0.05, 0.1) is 25.0 Å². The molecule has 1 rings (SSSR count). The predicted molar refractivity (Wildman–Crippen MR) is 61.1 cm³/mol. The Kier molecular flexibility index (Phi) is 4.81. The molecule has 1 aromatic rings. The van der Waals surface area contributed by atoms with Crippen LogP contribution < -0.4 is 0 Å². The Balaban J connectivity index is 2.72. The van der Waals surface area contributed by atoms with Gasteiger partial charge in [-0.1, -0.05) is 23.7 Å².